The SMILES string of the molecule is FC(F)(F)C1C[CH]NS1. The van der Waals surface area contributed by atoms with Crippen LogP contribution in [0.15, 0.2) is 0 Å². The lowest BCUT2D eigenvalue weighted by Crippen LogP contribution is -2.22. The summed E-state index contributed by atoms with van der Waals surface area (Å²) in [5, 5.41) is -1.24. The molecular formula is C4H5F3NS. The van der Waals surface area contributed by atoms with Crippen LogP contribution in [-0.2, 0) is 0 Å². The normalized spacial score (nSPS) is 29.0. The van der Waals surface area contributed by atoms with Crippen molar-refractivity contribution in [2.24, 2.45) is 0 Å². The molecule has 1 rings (SSSR count). The quantitative estimate of drug-likeness (QED) is 0.536. The average Bonchev–Trinajstić information content (AvgIpc) is 2.08. The van der Waals surface area contributed by atoms with Gasteiger partial charge in [0.25, 0.3) is 0 Å². The van der Waals surface area contributed by atoms with Crippen molar-refractivity contribution in [2.75, 3.05) is 0 Å². The minimum Gasteiger partial charge on any atom is -0.259 e. The van der Waals surface area contributed by atoms with Crippen LogP contribution in [0, 0.1) is 6.54 Å². The van der Waals surface area contributed by atoms with Crippen molar-refractivity contribution in [1.82, 2.24) is 4.72 Å². The summed E-state index contributed by atoms with van der Waals surface area (Å²) in [6.45, 7) is 1.42. The summed E-state index contributed by atoms with van der Waals surface area (Å²) in [4.78, 5) is 0. The van der Waals surface area contributed by atoms with E-state index in [2.05, 4.69) is 4.72 Å². The third-order valence-corrected chi connectivity index (χ3v) is 2.04. The smallest absolute Gasteiger partial charge is 0.259 e. The molecule has 1 atom stereocenters. The van der Waals surface area contributed by atoms with E-state index in [1.165, 1.54) is 6.54 Å². The molecular weight excluding hydrogens is 151 g/mol. The van der Waals surface area contributed by atoms with E-state index in [9.17, 15) is 13.2 Å². The zero-order valence-electron chi connectivity index (χ0n) is 4.40. The Morgan fingerprint density at radius 2 is 2.22 bits per heavy atom. The van der Waals surface area contributed by atoms with Crippen LogP contribution in [0.5, 0.6) is 0 Å². The highest BCUT2D eigenvalue weighted by atomic mass is 32.2. The highest BCUT2D eigenvalue weighted by Crippen LogP contribution is 2.35. The van der Waals surface area contributed by atoms with Crippen LogP contribution in [0.4, 0.5) is 13.2 Å². The lowest BCUT2D eigenvalue weighted by molar-refractivity contribution is -0.127. The van der Waals surface area contributed by atoms with Gasteiger partial charge in [0.1, 0.15) is 5.25 Å². The summed E-state index contributed by atoms with van der Waals surface area (Å²) >= 11 is 0.719. The Bertz CT molecular complexity index is 96.5. The molecule has 0 spiro atoms. The second-order valence-electron chi connectivity index (χ2n) is 1.71. The third kappa shape index (κ3) is 1.76. The fourth-order valence-corrected chi connectivity index (χ4v) is 1.22. The number of hydrogen-bond acceptors (Lipinski definition) is 2. The number of hydrogen-bond donors (Lipinski definition) is 1. The van der Waals surface area contributed by atoms with Gasteiger partial charge in [-0.15, -0.1) is 0 Å². The highest BCUT2D eigenvalue weighted by molar-refractivity contribution is 7.98. The van der Waals surface area contributed by atoms with Gasteiger partial charge >= 0.3 is 6.18 Å². The van der Waals surface area contributed by atoms with Gasteiger partial charge in [-0.3, -0.25) is 4.72 Å². The molecule has 1 aliphatic heterocycles. The Balaban J connectivity index is 2.42. The maximum Gasteiger partial charge on any atom is 0.401 e. The lowest BCUT2D eigenvalue weighted by Gasteiger charge is -2.10. The highest BCUT2D eigenvalue weighted by Gasteiger charge is 2.42. The van der Waals surface area contributed by atoms with E-state index in [0.717, 1.165) is 11.9 Å². The molecule has 1 nitrogen and oxygen atoms in total. The summed E-state index contributed by atoms with van der Waals surface area (Å²) in [6.07, 6.45) is -3.97. The van der Waals surface area contributed by atoms with Crippen molar-refractivity contribution in [3.05, 3.63) is 6.54 Å². The van der Waals surface area contributed by atoms with Crippen molar-refractivity contribution in [3.8, 4) is 0 Å². The molecule has 0 bridgehead atoms. The Hall–Kier alpha value is 0.100. The first-order chi connectivity index (χ1) is 4.11. The van der Waals surface area contributed by atoms with Gasteiger partial charge in [-0.1, -0.05) is 11.9 Å². The monoisotopic (exact) mass is 156 g/mol. The molecule has 9 heavy (non-hydrogen) atoms. The predicted octanol–water partition coefficient (Wildman–Crippen LogP) is 1.72. The van der Waals surface area contributed by atoms with E-state index in [1.54, 1.807) is 0 Å². The van der Waals surface area contributed by atoms with Crippen LogP contribution in [0.3, 0.4) is 0 Å². The minimum absolute atomic E-state index is 0.0775. The molecule has 0 saturated carbocycles. The number of halogens is 3. The topological polar surface area (TPSA) is 12.0 Å². The number of alkyl halides is 3. The average molecular weight is 156 g/mol. The largest absolute Gasteiger partial charge is 0.401 e. The maximum absolute atomic E-state index is 11.7. The van der Waals surface area contributed by atoms with E-state index in [1.807, 2.05) is 0 Å². The Morgan fingerprint density at radius 3 is 2.44 bits per heavy atom. The Kier molecular flexibility index (Phi) is 1.91. The molecule has 53 valence electrons. The first kappa shape index (κ1) is 7.21. The van der Waals surface area contributed by atoms with Crippen LogP contribution in [-0.4, -0.2) is 11.4 Å². The molecule has 0 aromatic rings. The van der Waals surface area contributed by atoms with E-state index in [0.29, 0.717) is 0 Å². The molecule has 0 amide bonds. The van der Waals surface area contributed by atoms with E-state index >= 15 is 0 Å². The Labute approximate surface area is 55.1 Å². The first-order valence-electron chi connectivity index (χ1n) is 2.40. The van der Waals surface area contributed by atoms with Crippen LogP contribution < -0.4 is 4.72 Å². The molecule has 1 fully saturated rings. The first-order valence-corrected chi connectivity index (χ1v) is 3.28. The fourth-order valence-electron chi connectivity index (χ4n) is 0.534. The molecule has 1 radical (unpaired) electrons. The summed E-state index contributed by atoms with van der Waals surface area (Å²) in [6, 6.07) is 0. The standard InChI is InChI=1S/C4H5F3NS/c5-4(6,7)3-1-2-8-9-3/h2-3,8H,1H2. The summed E-state index contributed by atoms with van der Waals surface area (Å²) in [5.74, 6) is 0. The van der Waals surface area contributed by atoms with Crippen molar-refractivity contribution < 1.29 is 13.2 Å². The van der Waals surface area contributed by atoms with Crippen LogP contribution in [0.1, 0.15) is 6.42 Å². The van der Waals surface area contributed by atoms with Crippen LogP contribution in [0.25, 0.3) is 0 Å². The second kappa shape index (κ2) is 2.38. The summed E-state index contributed by atoms with van der Waals surface area (Å²) in [7, 11) is 0. The molecule has 1 saturated heterocycles. The van der Waals surface area contributed by atoms with Crippen LogP contribution >= 0.6 is 11.9 Å². The molecule has 0 aliphatic carbocycles. The van der Waals surface area contributed by atoms with Gasteiger partial charge in [-0.2, -0.15) is 13.2 Å². The Morgan fingerprint density at radius 1 is 1.56 bits per heavy atom. The summed E-state index contributed by atoms with van der Waals surface area (Å²) in [5.41, 5.74) is 0. The molecule has 0 aromatic carbocycles. The second-order valence-corrected chi connectivity index (χ2v) is 2.75. The van der Waals surface area contributed by atoms with Crippen molar-refractivity contribution >= 4 is 11.9 Å². The van der Waals surface area contributed by atoms with Gasteiger partial charge < -0.3 is 0 Å². The predicted molar refractivity (Wildman–Crippen MR) is 29.5 cm³/mol. The van der Waals surface area contributed by atoms with Gasteiger partial charge in [0.15, 0.2) is 0 Å². The minimum atomic E-state index is -4.05. The van der Waals surface area contributed by atoms with Crippen molar-refractivity contribution in [3.63, 3.8) is 0 Å². The van der Waals surface area contributed by atoms with Gasteiger partial charge in [-0.25, -0.2) is 0 Å². The number of rotatable bonds is 0. The molecule has 1 unspecified atom stereocenters. The zero-order valence-corrected chi connectivity index (χ0v) is 5.22. The van der Waals surface area contributed by atoms with Crippen molar-refractivity contribution in [2.45, 2.75) is 17.8 Å². The van der Waals surface area contributed by atoms with Gasteiger partial charge in [-0.05, 0) is 6.42 Å². The van der Waals surface area contributed by atoms with Crippen molar-refractivity contribution in [1.29, 1.82) is 0 Å². The lowest BCUT2D eigenvalue weighted by atomic mass is 10.3. The molecule has 1 aliphatic rings. The summed E-state index contributed by atoms with van der Waals surface area (Å²) < 4.78 is 37.5. The fraction of sp³-hybridized carbons (Fsp3) is 0.750. The van der Waals surface area contributed by atoms with E-state index in [-0.39, 0.29) is 6.42 Å². The zero-order chi connectivity index (χ0) is 6.91. The number of nitrogens with one attached hydrogen (secondary N) is 1. The molecule has 1 N–H and O–H groups in total. The molecule has 0 aromatic heterocycles. The van der Waals surface area contributed by atoms with E-state index < -0.39 is 11.4 Å². The van der Waals surface area contributed by atoms with E-state index in [4.69, 9.17) is 0 Å². The van der Waals surface area contributed by atoms with Crippen LogP contribution in [0.2, 0.25) is 0 Å². The maximum atomic E-state index is 11.7. The molecule has 1 heterocycles. The van der Waals surface area contributed by atoms with Gasteiger partial charge in [0.2, 0.25) is 0 Å². The third-order valence-electron chi connectivity index (χ3n) is 0.991. The van der Waals surface area contributed by atoms with Gasteiger partial charge in [0.05, 0.1) is 0 Å². The molecule has 5 heteroatoms. The van der Waals surface area contributed by atoms with Gasteiger partial charge in [0, 0.05) is 6.54 Å².